The summed E-state index contributed by atoms with van der Waals surface area (Å²) < 4.78 is 4.63. The molecule has 0 fully saturated rings. The number of carbonyl (C=O) groups is 2. The van der Waals surface area contributed by atoms with E-state index in [1.807, 2.05) is 30.3 Å². The molecule has 0 aliphatic rings. The van der Waals surface area contributed by atoms with Crippen molar-refractivity contribution in [1.29, 1.82) is 0 Å². The minimum Gasteiger partial charge on any atom is -0.467 e. The molecule has 16 heavy (non-hydrogen) atoms. The minimum atomic E-state index is -0.620. The molecule has 0 saturated heterocycles. The molecule has 1 aromatic carbocycles. The largest absolute Gasteiger partial charge is 0.467 e. The van der Waals surface area contributed by atoms with Crippen LogP contribution in [-0.2, 0) is 20.7 Å². The predicted octanol–water partition coefficient (Wildman–Crippen LogP) is 0.907. The molecule has 0 bridgehead atoms. The molecule has 1 aromatic rings. The van der Waals surface area contributed by atoms with Gasteiger partial charge in [-0.05, 0) is 5.56 Å². The lowest BCUT2D eigenvalue weighted by atomic mass is 10.1. The first-order chi connectivity index (χ1) is 7.63. The van der Waals surface area contributed by atoms with E-state index >= 15 is 0 Å². The van der Waals surface area contributed by atoms with Gasteiger partial charge in [0.05, 0.1) is 7.11 Å². The number of methoxy groups -OCH3 is 1. The molecule has 1 N–H and O–H groups in total. The zero-order valence-electron chi connectivity index (χ0n) is 9.40. The molecule has 0 aliphatic carbocycles. The van der Waals surface area contributed by atoms with E-state index in [2.05, 4.69) is 10.1 Å². The Morgan fingerprint density at radius 1 is 1.31 bits per heavy atom. The highest BCUT2D eigenvalue weighted by Crippen LogP contribution is 2.04. The Morgan fingerprint density at radius 2 is 1.94 bits per heavy atom. The molecule has 0 unspecified atom stereocenters. The summed E-state index contributed by atoms with van der Waals surface area (Å²) in [6.07, 6.45) is 0.438. The summed E-state index contributed by atoms with van der Waals surface area (Å²) in [4.78, 5) is 22.4. The van der Waals surface area contributed by atoms with Crippen LogP contribution in [0.3, 0.4) is 0 Å². The molecule has 86 valence electrons. The van der Waals surface area contributed by atoms with Crippen molar-refractivity contribution in [3.8, 4) is 0 Å². The fourth-order valence-corrected chi connectivity index (χ4v) is 1.43. The third-order valence-electron chi connectivity index (χ3n) is 2.15. The number of nitrogens with one attached hydrogen (secondary N) is 1. The molecule has 4 nitrogen and oxygen atoms in total. The van der Waals surface area contributed by atoms with Gasteiger partial charge in [0, 0.05) is 13.3 Å². The van der Waals surface area contributed by atoms with Gasteiger partial charge in [-0.2, -0.15) is 0 Å². The molecular weight excluding hydrogens is 206 g/mol. The topological polar surface area (TPSA) is 55.4 Å². The van der Waals surface area contributed by atoms with Crippen molar-refractivity contribution in [1.82, 2.24) is 5.32 Å². The highest BCUT2D eigenvalue weighted by atomic mass is 16.5. The maximum Gasteiger partial charge on any atom is 0.328 e. The quantitative estimate of drug-likeness (QED) is 0.769. The molecule has 0 aliphatic heterocycles. The predicted molar refractivity (Wildman–Crippen MR) is 59.8 cm³/mol. The lowest BCUT2D eigenvalue weighted by molar-refractivity contribution is -0.144. The Hall–Kier alpha value is -1.84. The van der Waals surface area contributed by atoms with Crippen molar-refractivity contribution in [2.75, 3.05) is 7.11 Å². The van der Waals surface area contributed by atoms with Gasteiger partial charge in [-0.1, -0.05) is 30.3 Å². The van der Waals surface area contributed by atoms with E-state index in [-0.39, 0.29) is 5.91 Å². The highest BCUT2D eigenvalue weighted by molar-refractivity contribution is 5.83. The van der Waals surface area contributed by atoms with Gasteiger partial charge in [0.2, 0.25) is 5.91 Å². The van der Waals surface area contributed by atoms with E-state index in [0.29, 0.717) is 6.42 Å². The normalized spacial score (nSPS) is 11.6. The highest BCUT2D eigenvalue weighted by Gasteiger charge is 2.20. The summed E-state index contributed by atoms with van der Waals surface area (Å²) in [5, 5.41) is 2.57. The van der Waals surface area contributed by atoms with Crippen LogP contribution in [0.1, 0.15) is 12.5 Å². The average Bonchev–Trinajstić information content (AvgIpc) is 2.28. The van der Waals surface area contributed by atoms with Crippen molar-refractivity contribution in [3.63, 3.8) is 0 Å². The van der Waals surface area contributed by atoms with E-state index < -0.39 is 12.0 Å². The van der Waals surface area contributed by atoms with E-state index in [1.54, 1.807) is 0 Å². The molecule has 4 heteroatoms. The van der Waals surface area contributed by atoms with Gasteiger partial charge in [0.1, 0.15) is 6.04 Å². The average molecular weight is 221 g/mol. The van der Waals surface area contributed by atoms with Crippen LogP contribution in [0.5, 0.6) is 0 Å². The second-order valence-corrected chi connectivity index (χ2v) is 3.47. The van der Waals surface area contributed by atoms with Crippen LogP contribution in [0.25, 0.3) is 0 Å². The molecule has 0 spiro atoms. The summed E-state index contributed by atoms with van der Waals surface area (Å²) in [6.45, 7) is 1.38. The van der Waals surface area contributed by atoms with Gasteiger partial charge in [-0.15, -0.1) is 0 Å². The fourth-order valence-electron chi connectivity index (χ4n) is 1.43. The molecule has 0 saturated carbocycles. The molecule has 1 rings (SSSR count). The molecular formula is C12H15NO3. The van der Waals surface area contributed by atoms with Gasteiger partial charge in [0.15, 0.2) is 0 Å². The maximum atomic E-state index is 11.4. The van der Waals surface area contributed by atoms with Gasteiger partial charge in [-0.3, -0.25) is 4.79 Å². The standard InChI is InChI=1S/C12H15NO3/c1-9(14)13-11(12(15)16-2)8-10-6-4-3-5-7-10/h3-7,11H,8H2,1-2H3,(H,13,14)/t11-/m1/s1. The Balaban J connectivity index is 2.70. The summed E-state index contributed by atoms with van der Waals surface area (Å²) in [6, 6.07) is 8.85. The lowest BCUT2D eigenvalue weighted by Gasteiger charge is -2.15. The van der Waals surface area contributed by atoms with Crippen LogP contribution < -0.4 is 5.32 Å². The summed E-state index contributed by atoms with van der Waals surface area (Å²) in [7, 11) is 1.31. The maximum absolute atomic E-state index is 11.4. The van der Waals surface area contributed by atoms with Gasteiger partial charge in [0.25, 0.3) is 0 Å². The lowest BCUT2D eigenvalue weighted by Crippen LogP contribution is -2.41. The van der Waals surface area contributed by atoms with E-state index in [4.69, 9.17) is 0 Å². The Morgan fingerprint density at radius 3 is 2.44 bits per heavy atom. The number of esters is 1. The Kier molecular flexibility index (Phi) is 4.51. The van der Waals surface area contributed by atoms with E-state index in [1.165, 1.54) is 14.0 Å². The molecule has 1 atom stereocenters. The van der Waals surface area contributed by atoms with Crippen LogP contribution in [0.15, 0.2) is 30.3 Å². The van der Waals surface area contributed by atoms with Crippen LogP contribution in [0.2, 0.25) is 0 Å². The van der Waals surface area contributed by atoms with E-state index in [0.717, 1.165) is 5.56 Å². The van der Waals surface area contributed by atoms with Crippen molar-refractivity contribution in [3.05, 3.63) is 35.9 Å². The third-order valence-corrected chi connectivity index (χ3v) is 2.15. The van der Waals surface area contributed by atoms with Crippen molar-refractivity contribution in [2.24, 2.45) is 0 Å². The van der Waals surface area contributed by atoms with Crippen molar-refractivity contribution < 1.29 is 14.3 Å². The Bertz CT molecular complexity index is 362. The fraction of sp³-hybridized carbons (Fsp3) is 0.333. The second-order valence-electron chi connectivity index (χ2n) is 3.47. The molecule has 1 amide bonds. The molecule has 0 heterocycles. The first-order valence-electron chi connectivity index (χ1n) is 5.02. The zero-order valence-corrected chi connectivity index (χ0v) is 9.40. The zero-order chi connectivity index (χ0) is 12.0. The SMILES string of the molecule is COC(=O)[C@@H](Cc1ccccc1)NC(C)=O. The van der Waals surface area contributed by atoms with E-state index in [9.17, 15) is 9.59 Å². The van der Waals surface area contributed by atoms with Crippen LogP contribution >= 0.6 is 0 Å². The van der Waals surface area contributed by atoms with Crippen LogP contribution in [0.4, 0.5) is 0 Å². The van der Waals surface area contributed by atoms with Gasteiger partial charge < -0.3 is 10.1 Å². The Labute approximate surface area is 94.6 Å². The summed E-state index contributed by atoms with van der Waals surface area (Å²) >= 11 is 0. The summed E-state index contributed by atoms with van der Waals surface area (Å²) in [5.41, 5.74) is 0.978. The number of carbonyl (C=O) groups excluding carboxylic acids is 2. The number of rotatable bonds is 4. The van der Waals surface area contributed by atoms with Crippen molar-refractivity contribution >= 4 is 11.9 Å². The number of amides is 1. The first-order valence-corrected chi connectivity index (χ1v) is 5.02. The smallest absolute Gasteiger partial charge is 0.328 e. The first kappa shape index (κ1) is 12.2. The summed E-state index contributed by atoms with van der Waals surface area (Å²) in [5.74, 6) is -0.676. The van der Waals surface area contributed by atoms with Crippen LogP contribution in [-0.4, -0.2) is 25.0 Å². The molecule has 0 aromatic heterocycles. The van der Waals surface area contributed by atoms with Gasteiger partial charge >= 0.3 is 5.97 Å². The second kappa shape index (κ2) is 5.90. The van der Waals surface area contributed by atoms with Crippen LogP contribution in [0, 0.1) is 0 Å². The minimum absolute atomic E-state index is 0.244. The third kappa shape index (κ3) is 3.73. The number of ether oxygens (including phenoxy) is 1. The molecule has 0 radical (unpaired) electrons. The number of hydrogen-bond acceptors (Lipinski definition) is 3. The number of hydrogen-bond donors (Lipinski definition) is 1. The number of benzene rings is 1. The van der Waals surface area contributed by atoms with Crippen molar-refractivity contribution in [2.45, 2.75) is 19.4 Å². The monoisotopic (exact) mass is 221 g/mol. The van der Waals surface area contributed by atoms with Gasteiger partial charge in [-0.25, -0.2) is 4.79 Å².